The van der Waals surface area contributed by atoms with Crippen molar-refractivity contribution in [2.75, 3.05) is 11.9 Å². The number of hydrogen-bond acceptors (Lipinski definition) is 4. The lowest BCUT2D eigenvalue weighted by atomic mass is 10.1. The number of nitrogens with zero attached hydrogens (tertiary/aromatic N) is 1. The van der Waals surface area contributed by atoms with E-state index in [1.807, 2.05) is 6.07 Å². The van der Waals surface area contributed by atoms with Gasteiger partial charge in [0.15, 0.2) is 6.61 Å². The highest BCUT2D eigenvalue weighted by Crippen LogP contribution is 2.27. The van der Waals surface area contributed by atoms with Crippen molar-refractivity contribution in [2.24, 2.45) is 5.73 Å². The van der Waals surface area contributed by atoms with Crippen LogP contribution in [-0.2, 0) is 9.59 Å². The van der Waals surface area contributed by atoms with Gasteiger partial charge in [-0.05, 0) is 48.4 Å². The number of nitrogens with one attached hydrogen (secondary N) is 1. The maximum Gasteiger partial charge on any atom is 0.266 e. The van der Waals surface area contributed by atoms with Gasteiger partial charge in [0.05, 0.1) is 5.02 Å². The van der Waals surface area contributed by atoms with E-state index in [1.165, 1.54) is 18.2 Å². The van der Waals surface area contributed by atoms with Crippen molar-refractivity contribution in [3.63, 3.8) is 0 Å². The van der Waals surface area contributed by atoms with Gasteiger partial charge in [0, 0.05) is 10.7 Å². The molecule has 0 aliphatic carbocycles. The van der Waals surface area contributed by atoms with Crippen molar-refractivity contribution in [3.8, 4) is 11.8 Å². The monoisotopic (exact) mass is 403 g/mol. The van der Waals surface area contributed by atoms with Gasteiger partial charge in [0.1, 0.15) is 17.4 Å². The molecule has 0 atom stereocenters. The number of rotatable bonds is 6. The predicted octanol–water partition coefficient (Wildman–Crippen LogP) is 3.71. The summed E-state index contributed by atoms with van der Waals surface area (Å²) in [4.78, 5) is 23.1. The van der Waals surface area contributed by atoms with Crippen LogP contribution in [-0.4, -0.2) is 18.4 Å². The molecular weight excluding hydrogens is 389 g/mol. The number of primary amides is 1. The number of nitrogens with two attached hydrogens (primary N) is 1. The first-order valence-electron chi connectivity index (χ1n) is 7.70. The molecule has 27 heavy (non-hydrogen) atoms. The van der Waals surface area contributed by atoms with Crippen LogP contribution < -0.4 is 15.8 Å². The van der Waals surface area contributed by atoms with Gasteiger partial charge in [-0.25, -0.2) is 0 Å². The fourth-order valence-electron chi connectivity index (χ4n) is 2.12. The van der Waals surface area contributed by atoms with Gasteiger partial charge in [-0.1, -0.05) is 35.3 Å². The molecule has 0 aromatic heterocycles. The number of amides is 2. The largest absolute Gasteiger partial charge is 0.482 e. The van der Waals surface area contributed by atoms with Crippen LogP contribution in [0.4, 0.5) is 5.69 Å². The number of anilines is 1. The molecule has 0 saturated heterocycles. The van der Waals surface area contributed by atoms with Crippen molar-refractivity contribution >= 4 is 46.8 Å². The zero-order valence-corrected chi connectivity index (χ0v) is 15.8. The first kappa shape index (κ1) is 20.3. The Morgan fingerprint density at radius 1 is 1.26 bits per heavy atom. The molecule has 0 radical (unpaired) electrons. The first-order chi connectivity index (χ1) is 12.8. The molecule has 0 fully saturated rings. The molecule has 2 rings (SSSR count). The van der Waals surface area contributed by atoms with E-state index in [1.54, 1.807) is 31.2 Å². The molecule has 6 nitrogen and oxygen atoms in total. The van der Waals surface area contributed by atoms with E-state index in [0.717, 1.165) is 0 Å². The Morgan fingerprint density at radius 3 is 2.63 bits per heavy atom. The molecule has 2 aromatic carbocycles. The highest BCUT2D eigenvalue weighted by molar-refractivity contribution is 6.32. The number of hydrogen-bond donors (Lipinski definition) is 2. The number of benzene rings is 2. The van der Waals surface area contributed by atoms with Crippen LogP contribution in [0.25, 0.3) is 6.08 Å². The second kappa shape index (κ2) is 9.08. The van der Waals surface area contributed by atoms with Crippen LogP contribution in [0, 0.1) is 18.3 Å². The fraction of sp³-hybridized carbons (Fsp3) is 0.105. The first-order valence-corrected chi connectivity index (χ1v) is 8.46. The molecule has 0 unspecified atom stereocenters. The fourth-order valence-corrected chi connectivity index (χ4v) is 2.54. The summed E-state index contributed by atoms with van der Waals surface area (Å²) in [6.07, 6.45) is 1.39. The molecule has 2 amide bonds. The summed E-state index contributed by atoms with van der Waals surface area (Å²) in [5, 5.41) is 12.7. The number of halogens is 2. The molecule has 0 spiro atoms. The Balaban J connectivity index is 2.21. The van der Waals surface area contributed by atoms with Crippen LogP contribution in [0.2, 0.25) is 10.0 Å². The lowest BCUT2D eigenvalue weighted by molar-refractivity contribution is -0.120. The maximum atomic E-state index is 12.4. The average Bonchev–Trinajstić information content (AvgIpc) is 2.62. The zero-order chi connectivity index (χ0) is 20.0. The summed E-state index contributed by atoms with van der Waals surface area (Å²) in [5.74, 6) is -0.937. The third-order valence-corrected chi connectivity index (χ3v) is 4.22. The highest BCUT2D eigenvalue weighted by Gasteiger charge is 2.12. The Kier molecular flexibility index (Phi) is 6.83. The van der Waals surface area contributed by atoms with Crippen LogP contribution in [0.15, 0.2) is 42.0 Å². The van der Waals surface area contributed by atoms with Crippen molar-refractivity contribution in [1.82, 2.24) is 0 Å². The topological polar surface area (TPSA) is 105 Å². The Hall–Kier alpha value is -3.01. The number of nitriles is 1. The molecule has 0 heterocycles. The molecule has 0 aliphatic heterocycles. The van der Waals surface area contributed by atoms with Gasteiger partial charge >= 0.3 is 0 Å². The summed E-state index contributed by atoms with van der Waals surface area (Å²) < 4.78 is 5.15. The molecule has 0 bridgehead atoms. The van der Waals surface area contributed by atoms with Crippen LogP contribution in [0.3, 0.4) is 0 Å². The van der Waals surface area contributed by atoms with E-state index in [9.17, 15) is 14.9 Å². The lowest BCUT2D eigenvalue weighted by Crippen LogP contribution is -2.20. The van der Waals surface area contributed by atoms with E-state index in [-0.39, 0.29) is 23.0 Å². The Morgan fingerprint density at radius 2 is 2.00 bits per heavy atom. The summed E-state index contributed by atoms with van der Waals surface area (Å²) in [5.41, 5.74) is 6.63. The van der Waals surface area contributed by atoms with Crippen molar-refractivity contribution in [3.05, 3.63) is 63.1 Å². The number of carbonyl (C=O) groups is 2. The van der Waals surface area contributed by atoms with Gasteiger partial charge < -0.3 is 15.8 Å². The number of carbonyl (C=O) groups excluding carboxylic acids is 2. The predicted molar refractivity (Wildman–Crippen MR) is 105 cm³/mol. The molecule has 3 N–H and O–H groups in total. The second-order valence-corrected chi connectivity index (χ2v) is 6.30. The third kappa shape index (κ3) is 5.48. The Bertz CT molecular complexity index is 965. The quantitative estimate of drug-likeness (QED) is 0.566. The van der Waals surface area contributed by atoms with Crippen LogP contribution in [0.1, 0.15) is 11.1 Å². The van der Waals surface area contributed by atoms with Gasteiger partial charge in [-0.3, -0.25) is 9.59 Å². The van der Waals surface area contributed by atoms with Crippen molar-refractivity contribution < 1.29 is 14.3 Å². The van der Waals surface area contributed by atoms with E-state index in [0.29, 0.717) is 21.8 Å². The normalized spacial score (nSPS) is 10.8. The molecule has 138 valence electrons. The van der Waals surface area contributed by atoms with Crippen molar-refractivity contribution in [2.45, 2.75) is 6.92 Å². The summed E-state index contributed by atoms with van der Waals surface area (Å²) in [6.45, 7) is 1.46. The smallest absolute Gasteiger partial charge is 0.266 e. The minimum Gasteiger partial charge on any atom is -0.482 e. The average molecular weight is 404 g/mol. The molecule has 2 aromatic rings. The molecule has 0 saturated carbocycles. The highest BCUT2D eigenvalue weighted by atomic mass is 35.5. The van der Waals surface area contributed by atoms with Crippen LogP contribution >= 0.6 is 23.2 Å². The standard InChI is InChI=1S/C19H15Cl2N3O3/c1-11-14(20)3-2-4-16(11)24-19(26)13(9-22)7-12-5-6-17(15(21)8-12)27-10-18(23)25/h2-8H,10H2,1H3,(H2,23,25)(H,24,26). The third-order valence-electron chi connectivity index (χ3n) is 3.52. The summed E-state index contributed by atoms with van der Waals surface area (Å²) >= 11 is 12.1. The molecule has 0 aliphatic rings. The van der Waals surface area contributed by atoms with Gasteiger partial charge in [0.2, 0.25) is 0 Å². The van der Waals surface area contributed by atoms with E-state index in [2.05, 4.69) is 5.32 Å². The van der Waals surface area contributed by atoms with Crippen LogP contribution in [0.5, 0.6) is 5.75 Å². The van der Waals surface area contributed by atoms with E-state index >= 15 is 0 Å². The maximum absolute atomic E-state index is 12.4. The summed E-state index contributed by atoms with van der Waals surface area (Å²) in [6, 6.07) is 11.6. The van der Waals surface area contributed by atoms with Gasteiger partial charge in [-0.15, -0.1) is 0 Å². The second-order valence-electron chi connectivity index (χ2n) is 5.48. The molecule has 8 heteroatoms. The minimum absolute atomic E-state index is 0.115. The Labute approximate surface area is 166 Å². The van der Waals surface area contributed by atoms with Gasteiger partial charge in [0.25, 0.3) is 11.8 Å². The molecular formula is C19H15Cl2N3O3. The number of ether oxygens (including phenoxy) is 1. The minimum atomic E-state index is -0.630. The lowest BCUT2D eigenvalue weighted by Gasteiger charge is -2.09. The van der Waals surface area contributed by atoms with Gasteiger partial charge in [-0.2, -0.15) is 5.26 Å². The van der Waals surface area contributed by atoms with E-state index in [4.69, 9.17) is 33.7 Å². The summed E-state index contributed by atoms with van der Waals surface area (Å²) in [7, 11) is 0. The van der Waals surface area contributed by atoms with E-state index < -0.39 is 11.8 Å². The zero-order valence-electron chi connectivity index (χ0n) is 14.3. The SMILES string of the molecule is Cc1c(Cl)cccc1NC(=O)C(C#N)=Cc1ccc(OCC(N)=O)c(Cl)c1. The van der Waals surface area contributed by atoms with Crippen molar-refractivity contribution in [1.29, 1.82) is 5.26 Å².